The zero-order chi connectivity index (χ0) is 8.67. The van der Waals surface area contributed by atoms with Crippen molar-refractivity contribution in [2.75, 3.05) is 19.7 Å². The summed E-state index contributed by atoms with van der Waals surface area (Å²) in [5.74, 6) is 0.633. The Kier molecular flexibility index (Phi) is 1.79. The molecule has 2 atom stereocenters. The highest BCUT2D eigenvalue weighted by atomic mass is 16.6. The molecule has 0 amide bonds. The van der Waals surface area contributed by atoms with Crippen LogP contribution in [0.25, 0.3) is 0 Å². The summed E-state index contributed by atoms with van der Waals surface area (Å²) in [5, 5.41) is 4.14. The normalized spacial score (nSPS) is 38.9. The van der Waals surface area contributed by atoms with E-state index in [1.54, 1.807) is 0 Å². The summed E-state index contributed by atoms with van der Waals surface area (Å²) in [6.45, 7) is 3.36. The maximum absolute atomic E-state index is 5.20. The first-order valence-electron chi connectivity index (χ1n) is 5.38. The third-order valence-corrected chi connectivity index (χ3v) is 3.65. The monoisotopic (exact) mass is 180 g/mol. The van der Waals surface area contributed by atoms with E-state index in [1.807, 2.05) is 0 Å². The zero-order valence-corrected chi connectivity index (χ0v) is 7.91. The number of fused-ring (bicyclic) bond motifs is 3. The quantitative estimate of drug-likeness (QED) is 0.560. The molecule has 0 unspecified atom stereocenters. The second kappa shape index (κ2) is 2.98. The van der Waals surface area contributed by atoms with Gasteiger partial charge in [-0.1, -0.05) is 11.6 Å². The fourth-order valence-electron chi connectivity index (χ4n) is 2.94. The summed E-state index contributed by atoms with van der Waals surface area (Å²) < 4.78 is 0. The third-order valence-electron chi connectivity index (χ3n) is 3.65. The van der Waals surface area contributed by atoms with Crippen LogP contribution in [-0.4, -0.2) is 36.3 Å². The smallest absolute Gasteiger partial charge is 0.126 e. The Bertz CT molecular complexity index is 239. The molecule has 0 N–H and O–H groups in total. The topological polar surface area (TPSA) is 24.8 Å². The van der Waals surface area contributed by atoms with Gasteiger partial charge in [0.15, 0.2) is 0 Å². The van der Waals surface area contributed by atoms with Crippen LogP contribution in [0.5, 0.6) is 0 Å². The summed E-state index contributed by atoms with van der Waals surface area (Å²) in [7, 11) is 0. The molecular weight excluding hydrogens is 164 g/mol. The molecule has 0 radical (unpaired) electrons. The fourth-order valence-corrected chi connectivity index (χ4v) is 2.94. The van der Waals surface area contributed by atoms with Crippen LogP contribution < -0.4 is 0 Å². The number of rotatable bonds is 0. The number of hydrogen-bond donors (Lipinski definition) is 0. The Morgan fingerprint density at radius 1 is 1.31 bits per heavy atom. The van der Waals surface area contributed by atoms with Gasteiger partial charge in [-0.25, -0.2) is 0 Å². The lowest BCUT2D eigenvalue weighted by Crippen LogP contribution is -2.51. The Balaban J connectivity index is 1.82. The van der Waals surface area contributed by atoms with Crippen molar-refractivity contribution in [1.29, 1.82) is 0 Å². The third kappa shape index (κ3) is 1.17. The van der Waals surface area contributed by atoms with E-state index in [-0.39, 0.29) is 0 Å². The molecule has 2 fully saturated rings. The lowest BCUT2D eigenvalue weighted by molar-refractivity contribution is 0.0771. The van der Waals surface area contributed by atoms with E-state index in [0.717, 1.165) is 19.1 Å². The van der Waals surface area contributed by atoms with Crippen LogP contribution in [0, 0.1) is 5.92 Å². The molecule has 3 nitrogen and oxygen atoms in total. The zero-order valence-electron chi connectivity index (χ0n) is 7.91. The Labute approximate surface area is 78.7 Å². The van der Waals surface area contributed by atoms with Gasteiger partial charge in [0.1, 0.15) is 6.61 Å². The second-order valence-corrected chi connectivity index (χ2v) is 4.33. The van der Waals surface area contributed by atoms with Gasteiger partial charge < -0.3 is 4.84 Å². The van der Waals surface area contributed by atoms with Crippen molar-refractivity contribution >= 4 is 5.71 Å². The standard InChI is InChI=1S/C10H16N2O/c1-2-5-12-6-4-9-8(7-13-11-9)10(12)3-1/h8,10H,1-7H2/t8-,10+/m0/s1. The van der Waals surface area contributed by atoms with Crippen LogP contribution in [0.3, 0.4) is 0 Å². The molecule has 0 bridgehead atoms. The second-order valence-electron chi connectivity index (χ2n) is 4.33. The van der Waals surface area contributed by atoms with Gasteiger partial charge in [-0.2, -0.15) is 0 Å². The minimum Gasteiger partial charge on any atom is -0.395 e. The van der Waals surface area contributed by atoms with Crippen molar-refractivity contribution in [1.82, 2.24) is 4.90 Å². The van der Waals surface area contributed by atoms with E-state index in [9.17, 15) is 0 Å². The Hall–Kier alpha value is -0.570. The minimum atomic E-state index is 0.633. The molecule has 0 saturated carbocycles. The van der Waals surface area contributed by atoms with E-state index in [4.69, 9.17) is 4.84 Å². The molecule has 0 aromatic carbocycles. The molecule has 2 saturated heterocycles. The summed E-state index contributed by atoms with van der Waals surface area (Å²) >= 11 is 0. The van der Waals surface area contributed by atoms with Gasteiger partial charge in [-0.15, -0.1) is 0 Å². The Morgan fingerprint density at radius 2 is 2.31 bits per heavy atom. The van der Waals surface area contributed by atoms with Gasteiger partial charge in [-0.3, -0.25) is 4.90 Å². The molecule has 3 rings (SSSR count). The van der Waals surface area contributed by atoms with Gasteiger partial charge in [0.2, 0.25) is 0 Å². The molecule has 3 heterocycles. The molecule has 3 aliphatic rings. The molecule has 72 valence electrons. The Morgan fingerprint density at radius 3 is 3.31 bits per heavy atom. The van der Waals surface area contributed by atoms with Crippen molar-refractivity contribution in [3.8, 4) is 0 Å². The first-order valence-corrected chi connectivity index (χ1v) is 5.38. The van der Waals surface area contributed by atoms with Gasteiger partial charge >= 0.3 is 0 Å². The van der Waals surface area contributed by atoms with Crippen LogP contribution in [0.4, 0.5) is 0 Å². The number of oxime groups is 1. The molecule has 3 heteroatoms. The molecule has 0 spiro atoms. The highest BCUT2D eigenvalue weighted by Crippen LogP contribution is 2.32. The molecule has 13 heavy (non-hydrogen) atoms. The largest absolute Gasteiger partial charge is 0.395 e. The first kappa shape index (κ1) is 7.80. The number of nitrogens with zero attached hydrogens (tertiary/aromatic N) is 2. The summed E-state index contributed by atoms with van der Waals surface area (Å²) in [6, 6.07) is 0.753. The van der Waals surface area contributed by atoms with Crippen LogP contribution in [0.1, 0.15) is 25.7 Å². The lowest BCUT2D eigenvalue weighted by Gasteiger charge is -2.42. The summed E-state index contributed by atoms with van der Waals surface area (Å²) in [5.41, 5.74) is 1.34. The molecule has 0 aromatic rings. The molecule has 0 aliphatic carbocycles. The van der Waals surface area contributed by atoms with E-state index in [2.05, 4.69) is 10.1 Å². The number of piperidine rings is 2. The van der Waals surface area contributed by atoms with E-state index in [0.29, 0.717) is 5.92 Å². The highest BCUT2D eigenvalue weighted by Gasteiger charge is 2.39. The first-order chi connectivity index (χ1) is 6.45. The molecular formula is C10H16N2O. The van der Waals surface area contributed by atoms with Crippen LogP contribution in [0.2, 0.25) is 0 Å². The SMILES string of the molecule is C1CCN2CCC3=NOC[C@@H]3[C@H]2C1. The average molecular weight is 180 g/mol. The van der Waals surface area contributed by atoms with Crippen LogP contribution in [0.15, 0.2) is 5.16 Å². The van der Waals surface area contributed by atoms with E-state index < -0.39 is 0 Å². The maximum Gasteiger partial charge on any atom is 0.126 e. The molecule has 0 aromatic heterocycles. The van der Waals surface area contributed by atoms with Gasteiger partial charge in [0, 0.05) is 19.0 Å². The summed E-state index contributed by atoms with van der Waals surface area (Å²) in [6.07, 6.45) is 5.27. The average Bonchev–Trinajstić information content (AvgIpc) is 2.65. The fraction of sp³-hybridized carbons (Fsp3) is 0.900. The van der Waals surface area contributed by atoms with Gasteiger partial charge in [-0.05, 0) is 19.4 Å². The summed E-state index contributed by atoms with van der Waals surface area (Å²) in [4.78, 5) is 7.84. The maximum atomic E-state index is 5.20. The minimum absolute atomic E-state index is 0.633. The highest BCUT2D eigenvalue weighted by molar-refractivity contribution is 5.88. The van der Waals surface area contributed by atoms with Crippen molar-refractivity contribution in [3.63, 3.8) is 0 Å². The predicted octanol–water partition coefficient (Wildman–Crippen LogP) is 1.25. The van der Waals surface area contributed by atoms with Crippen LogP contribution in [-0.2, 0) is 4.84 Å². The lowest BCUT2D eigenvalue weighted by atomic mass is 9.83. The number of hydrogen-bond acceptors (Lipinski definition) is 3. The van der Waals surface area contributed by atoms with E-state index in [1.165, 1.54) is 38.1 Å². The van der Waals surface area contributed by atoms with Gasteiger partial charge in [0.05, 0.1) is 11.6 Å². The van der Waals surface area contributed by atoms with Crippen molar-refractivity contribution < 1.29 is 4.84 Å². The van der Waals surface area contributed by atoms with Crippen molar-refractivity contribution in [2.45, 2.75) is 31.7 Å². The van der Waals surface area contributed by atoms with Crippen LogP contribution >= 0.6 is 0 Å². The molecule has 3 aliphatic heterocycles. The van der Waals surface area contributed by atoms with Crippen molar-refractivity contribution in [3.05, 3.63) is 0 Å². The van der Waals surface area contributed by atoms with Gasteiger partial charge in [0.25, 0.3) is 0 Å². The van der Waals surface area contributed by atoms with E-state index >= 15 is 0 Å². The van der Waals surface area contributed by atoms with Crippen molar-refractivity contribution in [2.24, 2.45) is 11.1 Å². The predicted molar refractivity (Wildman–Crippen MR) is 50.7 cm³/mol.